The third-order valence-corrected chi connectivity index (χ3v) is 3.79. The molecule has 1 atom stereocenters. The fourth-order valence-corrected chi connectivity index (χ4v) is 2.52. The Morgan fingerprint density at radius 2 is 1.76 bits per heavy atom. The Bertz CT molecular complexity index is 429. The number of carbonyl (C=O) groups excluding carboxylic acids is 1. The van der Waals surface area contributed by atoms with Gasteiger partial charge in [-0.25, -0.2) is 4.98 Å². The number of hydrogen-bond donors (Lipinski definition) is 1. The fraction of sp³-hybridized carbons (Fsp3) is 0.333. The van der Waals surface area contributed by atoms with E-state index in [1.165, 1.54) is 0 Å². The minimum atomic E-state index is -0.965. The Morgan fingerprint density at radius 3 is 2.18 bits per heavy atom. The predicted molar refractivity (Wildman–Crippen MR) is 72.6 cm³/mol. The van der Waals surface area contributed by atoms with Crippen LogP contribution in [0.25, 0.3) is 0 Å². The second kappa shape index (κ2) is 6.34. The minimum Gasteiger partial charge on any atom is -0.465 e. The van der Waals surface area contributed by atoms with Gasteiger partial charge in [-0.3, -0.25) is 4.79 Å². The summed E-state index contributed by atoms with van der Waals surface area (Å²) in [6.07, 6.45) is 0. The molecule has 0 spiro atoms. The highest BCUT2D eigenvalue weighted by molar-refractivity contribution is 7.81. The molecule has 0 aliphatic heterocycles. The number of pyridine rings is 1. The quantitative estimate of drug-likeness (QED) is 0.510. The summed E-state index contributed by atoms with van der Waals surface area (Å²) >= 11 is 27.4. The molecule has 17 heavy (non-hydrogen) atoms. The first-order valence-electron chi connectivity index (χ1n) is 4.44. The molecule has 0 saturated heterocycles. The van der Waals surface area contributed by atoms with Crippen molar-refractivity contribution in [2.24, 2.45) is 0 Å². The van der Waals surface area contributed by atoms with Gasteiger partial charge in [0.05, 0.1) is 16.7 Å². The third kappa shape index (κ3) is 3.32. The molecule has 0 fully saturated rings. The number of ether oxygens (including phenoxy) is 1. The molecule has 1 aromatic rings. The zero-order valence-electron chi connectivity index (χ0n) is 8.51. The zero-order valence-corrected chi connectivity index (χ0v) is 12.4. The van der Waals surface area contributed by atoms with Crippen LogP contribution in [0.2, 0.25) is 20.4 Å². The van der Waals surface area contributed by atoms with E-state index in [1.54, 1.807) is 6.92 Å². The van der Waals surface area contributed by atoms with E-state index in [0.29, 0.717) is 0 Å². The molecule has 3 nitrogen and oxygen atoms in total. The van der Waals surface area contributed by atoms with Crippen molar-refractivity contribution in [1.29, 1.82) is 0 Å². The molecule has 1 unspecified atom stereocenters. The number of halogens is 4. The molecule has 0 aromatic carbocycles. The molecule has 0 amide bonds. The van der Waals surface area contributed by atoms with Crippen LogP contribution in [0, 0.1) is 0 Å². The van der Waals surface area contributed by atoms with Gasteiger partial charge in [-0.15, -0.1) is 0 Å². The summed E-state index contributed by atoms with van der Waals surface area (Å²) < 4.78 is 4.81. The number of carbonyl (C=O) groups is 1. The van der Waals surface area contributed by atoms with E-state index in [-0.39, 0.29) is 32.5 Å². The van der Waals surface area contributed by atoms with Gasteiger partial charge >= 0.3 is 5.97 Å². The molecule has 0 radical (unpaired) electrons. The first-order valence-corrected chi connectivity index (χ1v) is 6.47. The van der Waals surface area contributed by atoms with Crippen LogP contribution in [-0.4, -0.2) is 17.6 Å². The van der Waals surface area contributed by atoms with Crippen molar-refractivity contribution in [2.45, 2.75) is 12.2 Å². The lowest BCUT2D eigenvalue weighted by Gasteiger charge is -2.14. The highest BCUT2D eigenvalue weighted by atomic mass is 35.5. The summed E-state index contributed by atoms with van der Waals surface area (Å²) in [6.45, 7) is 1.89. The molecule has 1 rings (SSSR count). The first-order chi connectivity index (χ1) is 7.90. The summed E-state index contributed by atoms with van der Waals surface area (Å²) in [6, 6.07) is 0. The van der Waals surface area contributed by atoms with Crippen LogP contribution < -0.4 is 0 Å². The molecule has 8 heteroatoms. The summed E-state index contributed by atoms with van der Waals surface area (Å²) in [5.41, 5.74) is 0.195. The number of nitrogens with zero attached hydrogens (tertiary/aromatic N) is 1. The van der Waals surface area contributed by atoms with Crippen molar-refractivity contribution in [3.05, 3.63) is 25.9 Å². The van der Waals surface area contributed by atoms with Gasteiger partial charge in [0, 0.05) is 5.56 Å². The van der Waals surface area contributed by atoms with E-state index < -0.39 is 11.2 Å². The van der Waals surface area contributed by atoms with E-state index in [1.807, 2.05) is 0 Å². The number of rotatable bonds is 3. The highest BCUT2D eigenvalue weighted by Crippen LogP contribution is 2.40. The largest absolute Gasteiger partial charge is 0.465 e. The maximum Gasteiger partial charge on any atom is 0.323 e. The Balaban J connectivity index is 3.25. The Morgan fingerprint density at radius 1 is 1.29 bits per heavy atom. The zero-order chi connectivity index (χ0) is 13.2. The van der Waals surface area contributed by atoms with Crippen molar-refractivity contribution in [3.8, 4) is 0 Å². The second-order valence-corrected chi connectivity index (χ2v) is 4.88. The fourth-order valence-electron chi connectivity index (χ4n) is 1.08. The molecular weight excluding hydrogens is 328 g/mol. The molecular formula is C9H7Cl4NO2S. The van der Waals surface area contributed by atoms with Gasteiger partial charge in [-0.2, -0.15) is 12.6 Å². The lowest BCUT2D eigenvalue weighted by Crippen LogP contribution is -2.12. The summed E-state index contributed by atoms with van der Waals surface area (Å²) in [4.78, 5) is 15.3. The number of aromatic nitrogens is 1. The molecule has 0 saturated carbocycles. The van der Waals surface area contributed by atoms with Gasteiger partial charge in [0.1, 0.15) is 15.6 Å². The maximum absolute atomic E-state index is 11.5. The SMILES string of the molecule is CCOC(=O)C(S)c1c(Cl)c(Cl)nc(Cl)c1Cl. The van der Waals surface area contributed by atoms with E-state index >= 15 is 0 Å². The van der Waals surface area contributed by atoms with Crippen LogP contribution in [0.4, 0.5) is 0 Å². The third-order valence-electron chi connectivity index (χ3n) is 1.81. The molecule has 0 N–H and O–H groups in total. The topological polar surface area (TPSA) is 39.2 Å². The first kappa shape index (κ1) is 15.2. The van der Waals surface area contributed by atoms with Crippen LogP contribution in [0.1, 0.15) is 17.7 Å². The number of esters is 1. The molecule has 1 aromatic heterocycles. The molecule has 94 valence electrons. The molecule has 1 heterocycles. The Hall–Kier alpha value is 0.130. The van der Waals surface area contributed by atoms with Crippen LogP contribution in [0.3, 0.4) is 0 Å². The summed E-state index contributed by atoms with van der Waals surface area (Å²) in [5.74, 6) is -0.585. The van der Waals surface area contributed by atoms with Gasteiger partial charge in [-0.1, -0.05) is 46.4 Å². The highest BCUT2D eigenvalue weighted by Gasteiger charge is 2.26. The van der Waals surface area contributed by atoms with Crippen LogP contribution in [0.15, 0.2) is 0 Å². The van der Waals surface area contributed by atoms with Crippen molar-refractivity contribution < 1.29 is 9.53 Å². The lowest BCUT2D eigenvalue weighted by atomic mass is 10.2. The summed E-state index contributed by atoms with van der Waals surface area (Å²) in [7, 11) is 0. The van der Waals surface area contributed by atoms with Gasteiger partial charge in [-0.05, 0) is 6.92 Å². The van der Waals surface area contributed by atoms with Gasteiger partial charge in [0.15, 0.2) is 0 Å². The van der Waals surface area contributed by atoms with Crippen LogP contribution in [-0.2, 0) is 9.53 Å². The van der Waals surface area contributed by atoms with Crippen molar-refractivity contribution in [1.82, 2.24) is 4.98 Å². The lowest BCUT2D eigenvalue weighted by molar-refractivity contribution is -0.142. The van der Waals surface area contributed by atoms with E-state index in [2.05, 4.69) is 17.6 Å². The van der Waals surface area contributed by atoms with Gasteiger partial charge in [0.25, 0.3) is 0 Å². The van der Waals surface area contributed by atoms with Crippen LogP contribution >= 0.6 is 59.0 Å². The molecule has 0 aliphatic rings. The Labute approximate surface area is 124 Å². The monoisotopic (exact) mass is 333 g/mol. The standard InChI is InChI=1S/C9H7Cl4NO2S/c1-2-16-9(15)6(17)3-4(10)7(12)14-8(13)5(3)11/h6,17H,2H2,1H3. The minimum absolute atomic E-state index is 0.0362. The number of hydrogen-bond acceptors (Lipinski definition) is 4. The van der Waals surface area contributed by atoms with Crippen molar-refractivity contribution >= 4 is 65.0 Å². The Kier molecular flexibility index (Phi) is 5.67. The number of thiol groups is 1. The van der Waals surface area contributed by atoms with Gasteiger partial charge in [0.2, 0.25) is 0 Å². The average Bonchev–Trinajstić information content (AvgIpc) is 2.27. The predicted octanol–water partition coefficient (Wildman–Crippen LogP) is 4.23. The van der Waals surface area contributed by atoms with Crippen molar-refractivity contribution in [2.75, 3.05) is 6.61 Å². The van der Waals surface area contributed by atoms with E-state index in [0.717, 1.165) is 0 Å². The smallest absolute Gasteiger partial charge is 0.323 e. The molecule has 0 aliphatic carbocycles. The second-order valence-electron chi connectivity index (χ2n) is 2.89. The van der Waals surface area contributed by atoms with E-state index in [9.17, 15) is 4.79 Å². The van der Waals surface area contributed by atoms with Crippen LogP contribution in [0.5, 0.6) is 0 Å². The normalized spacial score (nSPS) is 12.4. The van der Waals surface area contributed by atoms with Crippen molar-refractivity contribution in [3.63, 3.8) is 0 Å². The molecule has 0 bridgehead atoms. The van der Waals surface area contributed by atoms with E-state index in [4.69, 9.17) is 51.1 Å². The summed E-state index contributed by atoms with van der Waals surface area (Å²) in [5, 5.41) is -0.977. The maximum atomic E-state index is 11.5. The van der Waals surface area contributed by atoms with Gasteiger partial charge < -0.3 is 4.74 Å². The average molecular weight is 335 g/mol.